The van der Waals surface area contributed by atoms with Gasteiger partial charge in [0.05, 0.1) is 5.69 Å². The molecule has 0 aliphatic rings. The first kappa shape index (κ1) is 12.7. The fraction of sp³-hybridized carbons (Fsp3) is 0.111. The van der Waals surface area contributed by atoms with E-state index in [4.69, 9.17) is 0 Å². The second kappa shape index (κ2) is 5.09. The summed E-state index contributed by atoms with van der Waals surface area (Å²) in [6.45, 7) is 0. The predicted octanol–water partition coefficient (Wildman–Crippen LogP) is -0.784. The fourth-order valence-corrected chi connectivity index (χ4v) is 1.31. The Bertz CT molecular complexity index is 553. The molecule has 0 radical (unpaired) electrons. The minimum atomic E-state index is -0.427. The molecular weight excluding hydrogens is 221 g/mol. The number of H-pyrrole nitrogens is 1. The summed E-state index contributed by atoms with van der Waals surface area (Å²) < 4.78 is 2.51. The molecule has 74 valence electrons. The van der Waals surface area contributed by atoms with Gasteiger partial charge in [0.2, 0.25) is 0 Å². The standard InChI is InChI=1S/C9H9N3O2.K.H/c1-11-8(13)10-9(14)12(11)7-5-3-2-4-6-7;;/h2-6H,1H3,(H,10,13,14);;. The Balaban J connectivity index is 0.00000112. The fourth-order valence-electron chi connectivity index (χ4n) is 1.31. The quantitative estimate of drug-likeness (QED) is 0.654. The summed E-state index contributed by atoms with van der Waals surface area (Å²) in [7, 11) is 1.53. The number of benzene rings is 1. The van der Waals surface area contributed by atoms with Crippen molar-refractivity contribution in [1.82, 2.24) is 14.3 Å². The zero-order valence-electron chi connectivity index (χ0n) is 7.60. The number of hydrogen-bond donors (Lipinski definition) is 1. The van der Waals surface area contributed by atoms with E-state index in [0.29, 0.717) is 5.69 Å². The summed E-state index contributed by atoms with van der Waals surface area (Å²) in [5.74, 6) is 0. The van der Waals surface area contributed by atoms with Gasteiger partial charge in [0.1, 0.15) is 0 Å². The van der Waals surface area contributed by atoms with Gasteiger partial charge in [-0.25, -0.2) is 14.3 Å². The van der Waals surface area contributed by atoms with Crippen LogP contribution in [0.15, 0.2) is 39.9 Å². The van der Waals surface area contributed by atoms with E-state index >= 15 is 0 Å². The van der Waals surface area contributed by atoms with Gasteiger partial charge in [-0.05, 0) is 12.1 Å². The maximum absolute atomic E-state index is 11.3. The number of para-hydroxylation sites is 1. The van der Waals surface area contributed by atoms with Gasteiger partial charge in [0, 0.05) is 7.05 Å². The average Bonchev–Trinajstić information content (AvgIpc) is 2.43. The second-order valence-electron chi connectivity index (χ2n) is 2.91. The van der Waals surface area contributed by atoms with Crippen LogP contribution in [0.25, 0.3) is 5.69 Å². The number of aromatic nitrogens is 3. The van der Waals surface area contributed by atoms with Crippen LogP contribution in [0.4, 0.5) is 0 Å². The number of rotatable bonds is 1. The number of hydrogen-bond acceptors (Lipinski definition) is 2. The molecule has 1 aromatic carbocycles. The molecule has 1 heterocycles. The van der Waals surface area contributed by atoms with E-state index in [1.165, 1.54) is 16.4 Å². The Kier molecular flexibility index (Phi) is 4.29. The molecule has 0 amide bonds. The van der Waals surface area contributed by atoms with E-state index < -0.39 is 11.4 Å². The van der Waals surface area contributed by atoms with Crippen LogP contribution in [0.1, 0.15) is 0 Å². The Labute approximate surface area is 128 Å². The van der Waals surface area contributed by atoms with Crippen LogP contribution in [0.2, 0.25) is 0 Å². The van der Waals surface area contributed by atoms with Crippen LogP contribution >= 0.6 is 0 Å². The van der Waals surface area contributed by atoms with E-state index in [0.717, 1.165) is 0 Å². The molecule has 0 unspecified atom stereocenters. The first-order valence-corrected chi connectivity index (χ1v) is 4.14. The molecular formula is C9H10KN3O2. The van der Waals surface area contributed by atoms with E-state index in [-0.39, 0.29) is 51.4 Å². The number of nitrogens with one attached hydrogen (secondary N) is 1. The average molecular weight is 231 g/mol. The summed E-state index contributed by atoms with van der Waals surface area (Å²) >= 11 is 0. The zero-order valence-corrected chi connectivity index (χ0v) is 7.60. The Morgan fingerprint density at radius 2 is 1.67 bits per heavy atom. The van der Waals surface area contributed by atoms with Crippen LogP contribution in [0.3, 0.4) is 0 Å². The Morgan fingerprint density at radius 1 is 1.07 bits per heavy atom. The van der Waals surface area contributed by atoms with Gasteiger partial charge in [-0.2, -0.15) is 4.68 Å². The predicted molar refractivity (Wildman–Crippen MR) is 58.8 cm³/mol. The van der Waals surface area contributed by atoms with Gasteiger partial charge >= 0.3 is 62.8 Å². The molecule has 0 saturated heterocycles. The van der Waals surface area contributed by atoms with Crippen molar-refractivity contribution in [3.63, 3.8) is 0 Å². The molecule has 1 aromatic heterocycles. The second-order valence-corrected chi connectivity index (χ2v) is 2.91. The van der Waals surface area contributed by atoms with Gasteiger partial charge in [0.25, 0.3) is 0 Å². The van der Waals surface area contributed by atoms with Crippen molar-refractivity contribution in [3.8, 4) is 5.69 Å². The van der Waals surface area contributed by atoms with Crippen LogP contribution in [0.5, 0.6) is 0 Å². The van der Waals surface area contributed by atoms with Gasteiger partial charge in [-0.1, -0.05) is 18.2 Å². The molecule has 0 spiro atoms. The molecule has 2 aromatic rings. The van der Waals surface area contributed by atoms with Crippen molar-refractivity contribution < 1.29 is 0 Å². The molecule has 15 heavy (non-hydrogen) atoms. The van der Waals surface area contributed by atoms with E-state index in [1.807, 2.05) is 6.07 Å². The van der Waals surface area contributed by atoms with Crippen molar-refractivity contribution in [1.29, 1.82) is 0 Å². The maximum atomic E-state index is 11.3. The molecule has 0 aliphatic carbocycles. The molecule has 0 bridgehead atoms. The van der Waals surface area contributed by atoms with Crippen molar-refractivity contribution in [3.05, 3.63) is 51.3 Å². The van der Waals surface area contributed by atoms with Crippen molar-refractivity contribution >= 4 is 51.4 Å². The normalized spacial score (nSPS) is 9.67. The van der Waals surface area contributed by atoms with Gasteiger partial charge in [0.15, 0.2) is 0 Å². The van der Waals surface area contributed by atoms with E-state index in [1.54, 1.807) is 24.3 Å². The van der Waals surface area contributed by atoms with Crippen molar-refractivity contribution in [2.45, 2.75) is 0 Å². The van der Waals surface area contributed by atoms with Crippen molar-refractivity contribution in [2.75, 3.05) is 0 Å². The van der Waals surface area contributed by atoms with E-state index in [2.05, 4.69) is 4.98 Å². The number of nitrogens with zero attached hydrogens (tertiary/aromatic N) is 2. The van der Waals surface area contributed by atoms with Gasteiger partial charge in [-0.3, -0.25) is 4.98 Å². The molecule has 0 aliphatic heterocycles. The van der Waals surface area contributed by atoms with Crippen LogP contribution in [0, 0.1) is 0 Å². The van der Waals surface area contributed by atoms with Gasteiger partial charge < -0.3 is 0 Å². The SMILES string of the molecule is Cn1c(=O)[nH]c(=O)n1-c1ccccc1.[KH]. The van der Waals surface area contributed by atoms with Crippen LogP contribution in [-0.2, 0) is 7.05 Å². The molecule has 1 N–H and O–H groups in total. The minimum absolute atomic E-state index is 0. The van der Waals surface area contributed by atoms with Crippen LogP contribution in [-0.4, -0.2) is 65.7 Å². The topological polar surface area (TPSA) is 59.8 Å². The van der Waals surface area contributed by atoms with Crippen molar-refractivity contribution in [2.24, 2.45) is 7.05 Å². The van der Waals surface area contributed by atoms with E-state index in [9.17, 15) is 9.59 Å². The third-order valence-corrected chi connectivity index (χ3v) is 2.00. The number of aromatic amines is 1. The molecule has 5 nitrogen and oxygen atoms in total. The Morgan fingerprint density at radius 3 is 2.13 bits per heavy atom. The molecule has 0 atom stereocenters. The first-order valence-electron chi connectivity index (χ1n) is 4.14. The first-order chi connectivity index (χ1) is 6.70. The van der Waals surface area contributed by atoms with Crippen LogP contribution < -0.4 is 11.4 Å². The summed E-state index contributed by atoms with van der Waals surface area (Å²) in [6.07, 6.45) is 0. The monoisotopic (exact) mass is 231 g/mol. The molecule has 2 rings (SSSR count). The third kappa shape index (κ3) is 2.40. The summed E-state index contributed by atoms with van der Waals surface area (Å²) in [5, 5.41) is 0. The van der Waals surface area contributed by atoms with Gasteiger partial charge in [-0.15, -0.1) is 0 Å². The third-order valence-electron chi connectivity index (χ3n) is 2.00. The molecule has 0 fully saturated rings. The zero-order chi connectivity index (χ0) is 10.1. The Hall–Kier alpha value is -0.404. The summed E-state index contributed by atoms with van der Waals surface area (Å²) in [6, 6.07) is 8.97. The molecule has 0 saturated carbocycles. The summed E-state index contributed by atoms with van der Waals surface area (Å²) in [5.41, 5.74) is -0.180. The summed E-state index contributed by atoms with van der Waals surface area (Å²) in [4.78, 5) is 24.7. The molecule has 6 heteroatoms.